The van der Waals surface area contributed by atoms with E-state index in [0.717, 1.165) is 29.4 Å². The van der Waals surface area contributed by atoms with E-state index in [9.17, 15) is 0 Å². The molecule has 1 heterocycles. The van der Waals surface area contributed by atoms with E-state index < -0.39 is 5.54 Å². The summed E-state index contributed by atoms with van der Waals surface area (Å²) in [4.78, 5) is 0. The van der Waals surface area contributed by atoms with E-state index in [-0.39, 0.29) is 0 Å². The first-order valence-electron chi connectivity index (χ1n) is 6.59. The van der Waals surface area contributed by atoms with Crippen molar-refractivity contribution in [2.45, 2.75) is 44.9 Å². The molecule has 0 fully saturated rings. The molecule has 4 nitrogen and oxygen atoms in total. The van der Waals surface area contributed by atoms with Crippen LogP contribution in [0.2, 0.25) is 0 Å². The molecular weight excluding hydrogens is 260 g/mol. The van der Waals surface area contributed by atoms with Crippen molar-refractivity contribution in [1.29, 1.82) is 5.41 Å². The smallest absolute Gasteiger partial charge is 0.180 e. The summed E-state index contributed by atoms with van der Waals surface area (Å²) in [5, 5.41) is 7.50. The summed E-state index contributed by atoms with van der Waals surface area (Å²) in [5.41, 5.74) is 5.55. The minimum Gasteiger partial charge on any atom is -0.481 e. The second-order valence-corrected chi connectivity index (χ2v) is 6.11. The van der Waals surface area contributed by atoms with Crippen LogP contribution in [0.1, 0.15) is 45.1 Å². The van der Waals surface area contributed by atoms with Crippen LogP contribution in [0.25, 0.3) is 0 Å². The molecule has 0 aliphatic heterocycles. The fraction of sp³-hybridized carbons (Fsp3) is 0.643. The third-order valence-electron chi connectivity index (χ3n) is 2.55. The summed E-state index contributed by atoms with van der Waals surface area (Å²) in [6, 6.07) is 3.93. The van der Waals surface area contributed by atoms with E-state index in [1.54, 1.807) is 11.8 Å². The normalized spacial score (nSPS) is 11.6. The summed E-state index contributed by atoms with van der Waals surface area (Å²) in [7, 11) is 0. The van der Waals surface area contributed by atoms with E-state index in [2.05, 4.69) is 0 Å². The zero-order chi connectivity index (χ0) is 14.3. The molecule has 0 aromatic carbocycles. The Balaban J connectivity index is 2.20. The molecule has 0 saturated heterocycles. The Bertz CT molecular complexity index is 396. The number of furan rings is 1. The topological polar surface area (TPSA) is 72.2 Å². The van der Waals surface area contributed by atoms with Gasteiger partial charge in [0, 0.05) is 6.42 Å². The molecule has 3 N–H and O–H groups in total. The molecule has 0 radical (unpaired) electrons. The number of ether oxygens (including phenoxy) is 1. The van der Waals surface area contributed by atoms with Crippen molar-refractivity contribution < 1.29 is 9.15 Å². The van der Waals surface area contributed by atoms with Crippen LogP contribution in [-0.4, -0.2) is 18.3 Å². The molecule has 0 spiro atoms. The number of nitrogens with two attached hydrogens (primary N) is 1. The number of hydrogen-bond acceptors (Lipinski definition) is 5. The van der Waals surface area contributed by atoms with Crippen molar-refractivity contribution in [1.82, 2.24) is 0 Å². The lowest BCUT2D eigenvalue weighted by atomic mass is 10.0. The lowest BCUT2D eigenvalue weighted by Crippen LogP contribution is -2.27. The standard InChI is InChI=1S/C14H24N2O2S/c1-4-17-13(15)6-5-9-19-10-11-7-8-12(18-11)14(2,3)16/h7-8,15H,4-6,9-10,16H2,1-3H3. The molecular formula is C14H24N2O2S. The van der Waals surface area contributed by atoms with Crippen molar-refractivity contribution in [3.8, 4) is 0 Å². The molecule has 0 aliphatic carbocycles. The van der Waals surface area contributed by atoms with Gasteiger partial charge in [-0.3, -0.25) is 5.41 Å². The minimum absolute atomic E-state index is 0.383. The third kappa shape index (κ3) is 6.16. The highest BCUT2D eigenvalue weighted by atomic mass is 32.2. The monoisotopic (exact) mass is 284 g/mol. The maximum Gasteiger partial charge on any atom is 0.180 e. The van der Waals surface area contributed by atoms with E-state index >= 15 is 0 Å². The van der Waals surface area contributed by atoms with Gasteiger partial charge in [0.25, 0.3) is 0 Å². The van der Waals surface area contributed by atoms with Crippen LogP contribution < -0.4 is 5.73 Å². The Morgan fingerprint density at radius 2 is 2.21 bits per heavy atom. The minimum atomic E-state index is -0.421. The quantitative estimate of drug-likeness (QED) is 0.435. The average molecular weight is 284 g/mol. The number of hydrogen-bond donors (Lipinski definition) is 2. The number of nitrogens with one attached hydrogen (secondary N) is 1. The van der Waals surface area contributed by atoms with Gasteiger partial charge in [-0.25, -0.2) is 0 Å². The lowest BCUT2D eigenvalue weighted by Gasteiger charge is -2.14. The van der Waals surface area contributed by atoms with Crippen LogP contribution >= 0.6 is 11.8 Å². The summed E-state index contributed by atoms with van der Waals surface area (Å²) in [6.45, 7) is 6.34. The van der Waals surface area contributed by atoms with Crippen molar-refractivity contribution in [2.24, 2.45) is 5.73 Å². The van der Waals surface area contributed by atoms with E-state index in [1.807, 2.05) is 32.9 Å². The first-order chi connectivity index (χ1) is 8.93. The van der Waals surface area contributed by atoms with Gasteiger partial charge in [-0.15, -0.1) is 0 Å². The molecule has 19 heavy (non-hydrogen) atoms. The fourth-order valence-electron chi connectivity index (χ4n) is 1.56. The highest BCUT2D eigenvalue weighted by Crippen LogP contribution is 2.22. The van der Waals surface area contributed by atoms with Crippen molar-refractivity contribution in [3.63, 3.8) is 0 Å². The summed E-state index contributed by atoms with van der Waals surface area (Å²) < 4.78 is 10.8. The Hall–Kier alpha value is -0.940. The molecule has 1 rings (SSSR count). The predicted molar refractivity (Wildman–Crippen MR) is 80.7 cm³/mol. The molecule has 5 heteroatoms. The van der Waals surface area contributed by atoms with Crippen molar-refractivity contribution in [3.05, 3.63) is 23.7 Å². The molecule has 0 aliphatic rings. The van der Waals surface area contributed by atoms with Crippen LogP contribution in [0, 0.1) is 5.41 Å². The summed E-state index contributed by atoms with van der Waals surface area (Å²) in [5.74, 6) is 4.00. The maximum absolute atomic E-state index is 7.50. The van der Waals surface area contributed by atoms with Gasteiger partial charge in [0.05, 0.1) is 17.9 Å². The average Bonchev–Trinajstić information content (AvgIpc) is 2.77. The predicted octanol–water partition coefficient (Wildman–Crippen LogP) is 3.50. The lowest BCUT2D eigenvalue weighted by molar-refractivity contribution is 0.314. The largest absolute Gasteiger partial charge is 0.481 e. The van der Waals surface area contributed by atoms with Gasteiger partial charge in [0.1, 0.15) is 11.5 Å². The third-order valence-corrected chi connectivity index (χ3v) is 3.62. The molecule has 1 aromatic heterocycles. The fourth-order valence-corrected chi connectivity index (χ4v) is 2.40. The van der Waals surface area contributed by atoms with E-state index in [4.69, 9.17) is 20.3 Å². The summed E-state index contributed by atoms with van der Waals surface area (Å²) >= 11 is 1.80. The first-order valence-corrected chi connectivity index (χ1v) is 7.75. The van der Waals surface area contributed by atoms with Crippen LogP contribution in [-0.2, 0) is 16.0 Å². The van der Waals surface area contributed by atoms with Gasteiger partial charge in [0.15, 0.2) is 5.90 Å². The van der Waals surface area contributed by atoms with Crippen molar-refractivity contribution >= 4 is 17.7 Å². The van der Waals surface area contributed by atoms with Gasteiger partial charge >= 0.3 is 0 Å². The van der Waals surface area contributed by atoms with Crippen LogP contribution in [0.5, 0.6) is 0 Å². The number of thioether (sulfide) groups is 1. The van der Waals surface area contributed by atoms with Gasteiger partial charge in [-0.2, -0.15) is 11.8 Å². The maximum atomic E-state index is 7.50. The zero-order valence-corrected chi connectivity index (χ0v) is 12.8. The SMILES string of the molecule is CCOC(=N)CCCSCc1ccc(C(C)(C)N)o1. The Morgan fingerprint density at radius 1 is 1.47 bits per heavy atom. The van der Waals surface area contributed by atoms with E-state index in [0.29, 0.717) is 18.9 Å². The van der Waals surface area contributed by atoms with Gasteiger partial charge in [0.2, 0.25) is 0 Å². The molecule has 0 unspecified atom stereocenters. The zero-order valence-electron chi connectivity index (χ0n) is 12.0. The first kappa shape index (κ1) is 16.1. The van der Waals surface area contributed by atoms with E-state index in [1.165, 1.54) is 0 Å². The van der Waals surface area contributed by atoms with Gasteiger partial charge < -0.3 is 14.9 Å². The number of rotatable bonds is 8. The van der Waals surface area contributed by atoms with Crippen LogP contribution in [0.15, 0.2) is 16.5 Å². The van der Waals surface area contributed by atoms with Gasteiger partial charge in [-0.1, -0.05) is 0 Å². The molecule has 0 atom stereocenters. The highest BCUT2D eigenvalue weighted by molar-refractivity contribution is 7.98. The van der Waals surface area contributed by atoms with Gasteiger partial charge in [-0.05, 0) is 45.1 Å². The summed E-state index contributed by atoms with van der Waals surface area (Å²) in [6.07, 6.45) is 1.67. The second-order valence-electron chi connectivity index (χ2n) is 5.00. The Kier molecular flexibility index (Phi) is 6.45. The second kappa shape index (κ2) is 7.60. The van der Waals surface area contributed by atoms with Crippen LogP contribution in [0.4, 0.5) is 0 Å². The molecule has 0 saturated carbocycles. The highest BCUT2D eigenvalue weighted by Gasteiger charge is 2.18. The molecule has 0 bridgehead atoms. The Morgan fingerprint density at radius 3 is 2.79 bits per heavy atom. The molecule has 0 amide bonds. The van der Waals surface area contributed by atoms with Crippen LogP contribution in [0.3, 0.4) is 0 Å². The molecule has 108 valence electrons. The van der Waals surface area contributed by atoms with Crippen molar-refractivity contribution in [2.75, 3.05) is 12.4 Å². The molecule has 1 aromatic rings. The Labute approximate surface area is 119 Å².